The fourth-order valence-corrected chi connectivity index (χ4v) is 4.29. The first-order valence-corrected chi connectivity index (χ1v) is 11.3. The highest BCUT2D eigenvalue weighted by Gasteiger charge is 2.34. The Morgan fingerprint density at radius 2 is 1.97 bits per heavy atom. The Morgan fingerprint density at radius 3 is 2.64 bits per heavy atom. The Labute approximate surface area is 195 Å². The number of imide groups is 1. The molecule has 4 amide bonds. The molecule has 2 aromatic rings. The van der Waals surface area contributed by atoms with Crippen LogP contribution in [0.3, 0.4) is 0 Å². The summed E-state index contributed by atoms with van der Waals surface area (Å²) in [5.41, 5.74) is 0.924. The Hall–Kier alpha value is -3.38. The zero-order valence-corrected chi connectivity index (χ0v) is 18.6. The van der Waals surface area contributed by atoms with Gasteiger partial charge in [0.05, 0.1) is 16.6 Å². The number of carbonyl (C=O) groups is 4. The number of halogens is 1. The van der Waals surface area contributed by atoms with Gasteiger partial charge >= 0.3 is 0 Å². The standard InChI is InChI=1S/C23H24ClN5O4/c24-16-3-1-2-13-10-18(27-20(13)16)23(33)28-17(8-12-4-5-12)22(32)26-15(11-25)9-14-6-7-19(30)29-21(14)31/h1-3,10,12,14-15,17,27H,4-9H2,(H,26,32)(H,28,33)(H,29,30,31)/t14-,15-,17-/m0/s1. The van der Waals surface area contributed by atoms with E-state index < -0.39 is 35.7 Å². The van der Waals surface area contributed by atoms with E-state index in [-0.39, 0.29) is 24.4 Å². The number of nitrogens with one attached hydrogen (secondary N) is 4. The number of aromatic amines is 1. The van der Waals surface area contributed by atoms with E-state index in [2.05, 4.69) is 20.9 Å². The highest BCUT2D eigenvalue weighted by atomic mass is 35.5. The smallest absolute Gasteiger partial charge is 0.268 e. The monoisotopic (exact) mass is 469 g/mol. The molecule has 4 N–H and O–H groups in total. The number of carbonyl (C=O) groups excluding carboxylic acids is 4. The molecule has 1 aromatic carbocycles. The molecule has 0 radical (unpaired) electrons. The minimum atomic E-state index is -0.910. The molecule has 1 aliphatic heterocycles. The molecule has 9 nitrogen and oxygen atoms in total. The summed E-state index contributed by atoms with van der Waals surface area (Å²) in [6.45, 7) is 0. The van der Waals surface area contributed by atoms with Crippen LogP contribution < -0.4 is 16.0 Å². The SMILES string of the molecule is N#C[C@H](C[C@@H]1CCC(=O)NC1=O)NC(=O)[C@H](CC1CC1)NC(=O)c1cc2cccc(Cl)c2[nH]1. The maximum Gasteiger partial charge on any atom is 0.268 e. The van der Waals surface area contributed by atoms with Crippen LogP contribution in [-0.2, 0) is 14.4 Å². The van der Waals surface area contributed by atoms with Crippen LogP contribution >= 0.6 is 11.6 Å². The summed E-state index contributed by atoms with van der Waals surface area (Å²) in [7, 11) is 0. The van der Waals surface area contributed by atoms with Crippen molar-refractivity contribution in [3.8, 4) is 6.07 Å². The van der Waals surface area contributed by atoms with Gasteiger partial charge in [-0.1, -0.05) is 36.6 Å². The van der Waals surface area contributed by atoms with Gasteiger partial charge in [0, 0.05) is 17.7 Å². The lowest BCUT2D eigenvalue weighted by Crippen LogP contribution is -2.51. The van der Waals surface area contributed by atoms with E-state index in [1.54, 1.807) is 18.2 Å². The van der Waals surface area contributed by atoms with Crippen LogP contribution in [0, 0.1) is 23.2 Å². The molecular formula is C23H24ClN5O4. The van der Waals surface area contributed by atoms with Gasteiger partial charge in [-0.3, -0.25) is 24.5 Å². The Morgan fingerprint density at radius 1 is 1.18 bits per heavy atom. The number of rotatable bonds is 8. The molecule has 3 atom stereocenters. The fraction of sp³-hybridized carbons (Fsp3) is 0.435. The van der Waals surface area contributed by atoms with Crippen molar-refractivity contribution in [1.29, 1.82) is 5.26 Å². The predicted octanol–water partition coefficient (Wildman–Crippen LogP) is 2.17. The average molecular weight is 470 g/mol. The topological polar surface area (TPSA) is 144 Å². The van der Waals surface area contributed by atoms with Gasteiger partial charge in [0.25, 0.3) is 5.91 Å². The number of hydrogen-bond donors (Lipinski definition) is 4. The van der Waals surface area contributed by atoms with E-state index in [9.17, 15) is 24.4 Å². The van der Waals surface area contributed by atoms with Crippen LogP contribution in [0.4, 0.5) is 0 Å². The van der Waals surface area contributed by atoms with Gasteiger partial charge in [-0.05, 0) is 37.3 Å². The summed E-state index contributed by atoms with van der Waals surface area (Å²) >= 11 is 6.18. The second-order valence-corrected chi connectivity index (χ2v) is 9.07. The van der Waals surface area contributed by atoms with Crippen molar-refractivity contribution in [1.82, 2.24) is 20.9 Å². The predicted molar refractivity (Wildman–Crippen MR) is 120 cm³/mol. The van der Waals surface area contributed by atoms with Gasteiger partial charge in [0.2, 0.25) is 17.7 Å². The Kier molecular flexibility index (Phi) is 6.65. The van der Waals surface area contributed by atoms with Crippen LogP contribution in [0.2, 0.25) is 5.02 Å². The molecule has 10 heteroatoms. The van der Waals surface area contributed by atoms with E-state index >= 15 is 0 Å². The van der Waals surface area contributed by atoms with Crippen LogP contribution in [-0.4, -0.2) is 40.7 Å². The molecule has 2 aliphatic rings. The lowest BCUT2D eigenvalue weighted by Gasteiger charge is -2.24. The quantitative estimate of drug-likeness (QED) is 0.438. The normalized spacial score (nSPS) is 19.9. The number of nitrogens with zero attached hydrogens (tertiary/aromatic N) is 1. The maximum absolute atomic E-state index is 13.0. The summed E-state index contributed by atoms with van der Waals surface area (Å²) in [4.78, 5) is 52.2. The Bertz CT molecular complexity index is 1150. The van der Waals surface area contributed by atoms with Crippen LogP contribution in [0.5, 0.6) is 0 Å². The molecular weight excluding hydrogens is 446 g/mol. The van der Waals surface area contributed by atoms with Crippen molar-refractivity contribution in [2.45, 2.75) is 50.6 Å². The number of aromatic nitrogens is 1. The van der Waals surface area contributed by atoms with Gasteiger partial charge in [0.1, 0.15) is 17.8 Å². The largest absolute Gasteiger partial charge is 0.349 e. The minimum Gasteiger partial charge on any atom is -0.349 e. The average Bonchev–Trinajstić information content (AvgIpc) is 3.48. The van der Waals surface area contributed by atoms with Crippen LogP contribution in [0.1, 0.15) is 49.0 Å². The summed E-state index contributed by atoms with van der Waals surface area (Å²) in [6, 6.07) is 7.29. The van der Waals surface area contributed by atoms with Crippen molar-refractivity contribution in [2.24, 2.45) is 11.8 Å². The van der Waals surface area contributed by atoms with Gasteiger partial charge < -0.3 is 15.6 Å². The number of piperidine rings is 1. The van der Waals surface area contributed by atoms with Crippen molar-refractivity contribution in [2.75, 3.05) is 0 Å². The maximum atomic E-state index is 13.0. The van der Waals surface area contributed by atoms with E-state index in [0.717, 1.165) is 18.2 Å². The first-order chi connectivity index (χ1) is 15.8. The molecule has 2 fully saturated rings. The zero-order valence-electron chi connectivity index (χ0n) is 17.8. The van der Waals surface area contributed by atoms with E-state index in [1.165, 1.54) is 0 Å². The number of fused-ring (bicyclic) bond motifs is 1. The third kappa shape index (κ3) is 5.52. The number of amides is 4. The van der Waals surface area contributed by atoms with Crippen molar-refractivity contribution < 1.29 is 19.2 Å². The number of hydrogen-bond acceptors (Lipinski definition) is 5. The molecule has 172 valence electrons. The van der Waals surface area contributed by atoms with Crippen LogP contribution in [0.25, 0.3) is 10.9 Å². The third-order valence-corrected chi connectivity index (χ3v) is 6.40. The van der Waals surface area contributed by atoms with Crippen molar-refractivity contribution >= 4 is 46.1 Å². The molecule has 0 spiro atoms. The van der Waals surface area contributed by atoms with Gasteiger partial charge in [-0.2, -0.15) is 5.26 Å². The molecule has 0 unspecified atom stereocenters. The highest BCUT2D eigenvalue weighted by Crippen LogP contribution is 2.33. The molecule has 33 heavy (non-hydrogen) atoms. The zero-order chi connectivity index (χ0) is 23.5. The Balaban J connectivity index is 1.42. The first-order valence-electron chi connectivity index (χ1n) is 11.0. The van der Waals surface area contributed by atoms with E-state index in [1.807, 2.05) is 12.1 Å². The first kappa shape index (κ1) is 22.8. The summed E-state index contributed by atoms with van der Waals surface area (Å²) in [5, 5.41) is 18.5. The molecule has 4 rings (SSSR count). The highest BCUT2D eigenvalue weighted by molar-refractivity contribution is 6.35. The number of benzene rings is 1. The van der Waals surface area contributed by atoms with Crippen molar-refractivity contribution in [3.05, 3.63) is 35.0 Å². The molecule has 1 saturated heterocycles. The lowest BCUT2D eigenvalue weighted by atomic mass is 9.91. The fourth-order valence-electron chi connectivity index (χ4n) is 4.06. The number of nitriles is 1. The van der Waals surface area contributed by atoms with Gasteiger partial charge in [0.15, 0.2) is 0 Å². The lowest BCUT2D eigenvalue weighted by molar-refractivity contribution is -0.137. The van der Waals surface area contributed by atoms with E-state index in [0.29, 0.717) is 29.3 Å². The van der Waals surface area contributed by atoms with Crippen LogP contribution in [0.15, 0.2) is 24.3 Å². The second-order valence-electron chi connectivity index (χ2n) is 8.67. The van der Waals surface area contributed by atoms with Gasteiger partial charge in [-0.25, -0.2) is 0 Å². The molecule has 1 aliphatic carbocycles. The molecule has 1 saturated carbocycles. The van der Waals surface area contributed by atoms with E-state index in [4.69, 9.17) is 11.6 Å². The number of para-hydroxylation sites is 1. The second kappa shape index (κ2) is 9.63. The summed E-state index contributed by atoms with van der Waals surface area (Å²) in [5.74, 6) is -1.86. The molecule has 0 bridgehead atoms. The summed E-state index contributed by atoms with van der Waals surface area (Å²) in [6.07, 6.45) is 3.08. The summed E-state index contributed by atoms with van der Waals surface area (Å²) < 4.78 is 0. The number of H-pyrrole nitrogens is 1. The third-order valence-electron chi connectivity index (χ3n) is 6.08. The molecule has 1 aromatic heterocycles. The minimum absolute atomic E-state index is 0.103. The van der Waals surface area contributed by atoms with Gasteiger partial charge in [-0.15, -0.1) is 0 Å². The van der Waals surface area contributed by atoms with Crippen molar-refractivity contribution in [3.63, 3.8) is 0 Å². The molecule has 2 heterocycles.